The zero-order valence-corrected chi connectivity index (χ0v) is 12.9. The molecular formula is C16H14N2O4S. The minimum atomic E-state index is -0.525. The lowest BCUT2D eigenvalue weighted by Gasteiger charge is -2.05. The van der Waals surface area contributed by atoms with E-state index in [-0.39, 0.29) is 28.9 Å². The van der Waals surface area contributed by atoms with Crippen molar-refractivity contribution in [3.05, 3.63) is 70.3 Å². The topological polar surface area (TPSA) is 89.3 Å². The Labute approximate surface area is 137 Å². The molecule has 0 aliphatic rings. The van der Waals surface area contributed by atoms with E-state index in [1.54, 1.807) is 30.3 Å². The minimum absolute atomic E-state index is 0.0428. The van der Waals surface area contributed by atoms with Gasteiger partial charge in [0.15, 0.2) is 5.78 Å². The summed E-state index contributed by atoms with van der Waals surface area (Å²) in [4.78, 5) is 33.8. The molecule has 0 aliphatic carbocycles. The van der Waals surface area contributed by atoms with Gasteiger partial charge in [0.05, 0.1) is 16.4 Å². The van der Waals surface area contributed by atoms with Crippen molar-refractivity contribution in [3.63, 3.8) is 0 Å². The van der Waals surface area contributed by atoms with Gasteiger partial charge in [0, 0.05) is 23.4 Å². The van der Waals surface area contributed by atoms with E-state index < -0.39 is 4.92 Å². The van der Waals surface area contributed by atoms with Crippen molar-refractivity contribution in [2.45, 2.75) is 0 Å². The minimum Gasteiger partial charge on any atom is -0.325 e. The molecule has 0 radical (unpaired) electrons. The average molecular weight is 330 g/mol. The summed E-state index contributed by atoms with van der Waals surface area (Å²) in [7, 11) is 0. The van der Waals surface area contributed by atoms with E-state index in [1.165, 1.54) is 30.0 Å². The SMILES string of the molecule is O=C(CSCC(=O)c1ccccc1)Nc1cccc([N+](=O)[O-])c1. The second kappa shape index (κ2) is 8.09. The van der Waals surface area contributed by atoms with Gasteiger partial charge in [-0.05, 0) is 6.07 Å². The summed E-state index contributed by atoms with van der Waals surface area (Å²) in [5.74, 6) is -0.0525. The largest absolute Gasteiger partial charge is 0.325 e. The third-order valence-electron chi connectivity index (χ3n) is 2.90. The third-order valence-corrected chi connectivity index (χ3v) is 3.84. The molecular weight excluding hydrogens is 316 g/mol. The lowest BCUT2D eigenvalue weighted by Crippen LogP contribution is -2.15. The third kappa shape index (κ3) is 5.23. The Morgan fingerprint density at radius 2 is 1.78 bits per heavy atom. The second-order valence-corrected chi connectivity index (χ2v) is 5.62. The van der Waals surface area contributed by atoms with Crippen LogP contribution in [-0.2, 0) is 4.79 Å². The molecule has 0 saturated carbocycles. The van der Waals surface area contributed by atoms with Gasteiger partial charge in [-0.3, -0.25) is 19.7 Å². The monoisotopic (exact) mass is 330 g/mol. The van der Waals surface area contributed by atoms with E-state index in [1.807, 2.05) is 6.07 Å². The maximum absolute atomic E-state index is 11.9. The standard InChI is InChI=1S/C16H14N2O4S/c19-15(12-5-2-1-3-6-12)10-23-11-16(20)17-13-7-4-8-14(9-13)18(21)22/h1-9H,10-11H2,(H,17,20). The van der Waals surface area contributed by atoms with Crippen LogP contribution in [0.5, 0.6) is 0 Å². The van der Waals surface area contributed by atoms with Crippen LogP contribution >= 0.6 is 11.8 Å². The molecule has 0 atom stereocenters. The fourth-order valence-corrected chi connectivity index (χ4v) is 2.55. The first kappa shape index (κ1) is 16.7. The molecule has 2 aromatic carbocycles. The number of amides is 1. The lowest BCUT2D eigenvalue weighted by atomic mass is 10.2. The van der Waals surface area contributed by atoms with Crippen molar-refractivity contribution in [2.24, 2.45) is 0 Å². The molecule has 1 N–H and O–H groups in total. The number of Topliss-reactive ketones (excluding diaryl/α,β-unsaturated/α-hetero) is 1. The quantitative estimate of drug-likeness (QED) is 0.478. The van der Waals surface area contributed by atoms with E-state index in [9.17, 15) is 19.7 Å². The second-order valence-electron chi connectivity index (χ2n) is 4.64. The van der Waals surface area contributed by atoms with Crippen LogP contribution in [0.1, 0.15) is 10.4 Å². The fourth-order valence-electron chi connectivity index (χ4n) is 1.84. The molecule has 0 unspecified atom stereocenters. The summed E-state index contributed by atoms with van der Waals surface area (Å²) in [6, 6.07) is 14.6. The number of hydrogen-bond donors (Lipinski definition) is 1. The van der Waals surface area contributed by atoms with Crippen LogP contribution < -0.4 is 5.32 Å². The van der Waals surface area contributed by atoms with Crippen molar-refractivity contribution in [2.75, 3.05) is 16.8 Å². The normalized spacial score (nSPS) is 10.1. The van der Waals surface area contributed by atoms with Gasteiger partial charge >= 0.3 is 0 Å². The molecule has 2 aromatic rings. The van der Waals surface area contributed by atoms with Crippen LogP contribution in [0.15, 0.2) is 54.6 Å². The predicted octanol–water partition coefficient (Wildman–Crippen LogP) is 3.15. The molecule has 7 heteroatoms. The first-order valence-corrected chi connectivity index (χ1v) is 7.92. The van der Waals surface area contributed by atoms with Gasteiger partial charge in [0.2, 0.25) is 5.91 Å². The van der Waals surface area contributed by atoms with Crippen molar-refractivity contribution >= 4 is 34.8 Å². The average Bonchev–Trinajstić information content (AvgIpc) is 2.55. The maximum atomic E-state index is 11.9. The highest BCUT2D eigenvalue weighted by atomic mass is 32.2. The Hall–Kier alpha value is -2.67. The fraction of sp³-hybridized carbons (Fsp3) is 0.125. The van der Waals surface area contributed by atoms with Crippen LogP contribution in [0.2, 0.25) is 0 Å². The van der Waals surface area contributed by atoms with Crippen LogP contribution in [-0.4, -0.2) is 28.1 Å². The molecule has 118 valence electrons. The van der Waals surface area contributed by atoms with Crippen molar-refractivity contribution in [1.29, 1.82) is 0 Å². The molecule has 23 heavy (non-hydrogen) atoms. The Morgan fingerprint density at radius 3 is 2.48 bits per heavy atom. The van der Waals surface area contributed by atoms with Crippen molar-refractivity contribution in [1.82, 2.24) is 0 Å². The zero-order chi connectivity index (χ0) is 16.7. The van der Waals surface area contributed by atoms with Crippen LogP contribution in [0.3, 0.4) is 0 Å². The highest BCUT2D eigenvalue weighted by molar-refractivity contribution is 8.00. The number of non-ortho nitro benzene ring substituents is 1. The summed E-state index contributed by atoms with van der Waals surface area (Å²) >= 11 is 1.20. The Kier molecular flexibility index (Phi) is 5.87. The van der Waals surface area contributed by atoms with Gasteiger partial charge < -0.3 is 5.32 Å². The summed E-state index contributed by atoms with van der Waals surface area (Å²) in [6.45, 7) is 0. The zero-order valence-electron chi connectivity index (χ0n) is 12.1. The number of nitrogens with one attached hydrogen (secondary N) is 1. The number of nitro benzene ring substituents is 1. The maximum Gasteiger partial charge on any atom is 0.271 e. The highest BCUT2D eigenvalue weighted by Gasteiger charge is 2.10. The Morgan fingerprint density at radius 1 is 1.04 bits per heavy atom. The van der Waals surface area contributed by atoms with Crippen molar-refractivity contribution in [3.8, 4) is 0 Å². The smallest absolute Gasteiger partial charge is 0.271 e. The number of ketones is 1. The number of hydrogen-bond acceptors (Lipinski definition) is 5. The van der Waals surface area contributed by atoms with Gasteiger partial charge in [0.1, 0.15) is 0 Å². The van der Waals surface area contributed by atoms with Gasteiger partial charge in [-0.1, -0.05) is 36.4 Å². The number of carbonyl (C=O) groups excluding carboxylic acids is 2. The summed E-state index contributed by atoms with van der Waals surface area (Å²) in [5, 5.41) is 13.2. The van der Waals surface area contributed by atoms with E-state index in [0.717, 1.165) is 0 Å². The molecule has 0 fully saturated rings. The number of anilines is 1. The number of rotatable bonds is 7. The number of carbonyl (C=O) groups is 2. The van der Waals surface area contributed by atoms with Gasteiger partial charge in [-0.15, -0.1) is 11.8 Å². The van der Waals surface area contributed by atoms with Crippen molar-refractivity contribution < 1.29 is 14.5 Å². The molecule has 0 heterocycles. The number of nitrogens with zero attached hydrogens (tertiary/aromatic N) is 1. The van der Waals surface area contributed by atoms with Crippen LogP contribution in [0.4, 0.5) is 11.4 Å². The number of thioether (sulfide) groups is 1. The Bertz CT molecular complexity index is 719. The predicted molar refractivity (Wildman–Crippen MR) is 89.8 cm³/mol. The molecule has 0 bridgehead atoms. The summed E-state index contributed by atoms with van der Waals surface area (Å²) < 4.78 is 0. The molecule has 6 nitrogen and oxygen atoms in total. The van der Waals surface area contributed by atoms with Gasteiger partial charge in [0.25, 0.3) is 5.69 Å². The molecule has 0 spiro atoms. The van der Waals surface area contributed by atoms with Crippen LogP contribution in [0, 0.1) is 10.1 Å². The van der Waals surface area contributed by atoms with E-state index in [4.69, 9.17) is 0 Å². The first-order chi connectivity index (χ1) is 11.1. The summed E-state index contributed by atoms with van der Waals surface area (Å²) in [6.07, 6.45) is 0. The Balaban J connectivity index is 1.80. The van der Waals surface area contributed by atoms with E-state index in [0.29, 0.717) is 11.3 Å². The molecule has 1 amide bonds. The van der Waals surface area contributed by atoms with E-state index in [2.05, 4.69) is 5.32 Å². The molecule has 2 rings (SSSR count). The molecule has 0 saturated heterocycles. The van der Waals surface area contributed by atoms with Gasteiger partial charge in [-0.2, -0.15) is 0 Å². The number of benzene rings is 2. The van der Waals surface area contributed by atoms with Crippen LogP contribution in [0.25, 0.3) is 0 Å². The highest BCUT2D eigenvalue weighted by Crippen LogP contribution is 2.17. The lowest BCUT2D eigenvalue weighted by molar-refractivity contribution is -0.384. The first-order valence-electron chi connectivity index (χ1n) is 6.76. The number of nitro groups is 1. The van der Waals surface area contributed by atoms with E-state index >= 15 is 0 Å². The molecule has 0 aliphatic heterocycles. The van der Waals surface area contributed by atoms with Gasteiger partial charge in [-0.25, -0.2) is 0 Å². The molecule has 0 aromatic heterocycles. The summed E-state index contributed by atoms with van der Waals surface area (Å²) in [5.41, 5.74) is 0.882.